The molecule has 0 atom stereocenters. The summed E-state index contributed by atoms with van der Waals surface area (Å²) in [4.78, 5) is 15.4. The van der Waals surface area contributed by atoms with E-state index in [1.165, 1.54) is 11.3 Å². The summed E-state index contributed by atoms with van der Waals surface area (Å²) >= 11 is 1.47. The Labute approximate surface area is 125 Å². The molecule has 0 saturated heterocycles. The van der Waals surface area contributed by atoms with Crippen LogP contribution in [0.3, 0.4) is 0 Å². The molecule has 0 bridgehead atoms. The van der Waals surface area contributed by atoms with Crippen LogP contribution < -0.4 is 0 Å². The maximum Gasteiger partial charge on any atom is 0.335 e. The molecule has 0 aliphatic heterocycles. The summed E-state index contributed by atoms with van der Waals surface area (Å²) in [5, 5.41) is 14.0. The first-order chi connectivity index (χ1) is 10.0. The van der Waals surface area contributed by atoms with E-state index in [9.17, 15) is 4.79 Å². The fourth-order valence-electron chi connectivity index (χ4n) is 1.99. The highest BCUT2D eigenvalue weighted by Crippen LogP contribution is 2.25. The minimum absolute atomic E-state index is 0.282. The standard InChI is InChI=1S/C15H13N3O2S/c1-9-11(8-16-18(9)2)4-6-14-17-12-5-3-10(15(19)20)7-13(12)21-14/h3-8H,1-2H3,(H,19,20)/b6-4+. The number of carboxylic acids is 1. The number of aromatic carboxylic acids is 1. The SMILES string of the molecule is Cc1c(/C=C/c2nc3ccc(C(=O)O)cc3s2)cnn1C. The number of benzene rings is 1. The minimum Gasteiger partial charge on any atom is -0.478 e. The van der Waals surface area contributed by atoms with Crippen LogP contribution in [-0.2, 0) is 7.05 Å². The van der Waals surface area contributed by atoms with Crippen molar-refractivity contribution in [2.24, 2.45) is 7.05 Å². The van der Waals surface area contributed by atoms with Gasteiger partial charge in [0.25, 0.3) is 0 Å². The molecular formula is C15H13N3O2S. The molecule has 0 spiro atoms. The van der Waals surface area contributed by atoms with Crippen molar-refractivity contribution in [1.29, 1.82) is 0 Å². The van der Waals surface area contributed by atoms with Crippen LogP contribution in [-0.4, -0.2) is 25.8 Å². The maximum absolute atomic E-state index is 11.0. The molecule has 6 heteroatoms. The van der Waals surface area contributed by atoms with Gasteiger partial charge >= 0.3 is 5.97 Å². The monoisotopic (exact) mass is 299 g/mol. The maximum atomic E-state index is 11.0. The lowest BCUT2D eigenvalue weighted by Gasteiger charge is -1.93. The highest BCUT2D eigenvalue weighted by molar-refractivity contribution is 7.19. The van der Waals surface area contributed by atoms with Gasteiger partial charge in [0.2, 0.25) is 0 Å². The van der Waals surface area contributed by atoms with Gasteiger partial charge in [0.15, 0.2) is 0 Å². The smallest absolute Gasteiger partial charge is 0.335 e. The zero-order valence-corrected chi connectivity index (χ0v) is 12.4. The second-order valence-electron chi connectivity index (χ2n) is 4.68. The molecular weight excluding hydrogens is 286 g/mol. The number of fused-ring (bicyclic) bond motifs is 1. The van der Waals surface area contributed by atoms with Crippen LogP contribution in [0, 0.1) is 6.92 Å². The number of hydrogen-bond donors (Lipinski definition) is 1. The normalized spacial score (nSPS) is 11.5. The summed E-state index contributed by atoms with van der Waals surface area (Å²) in [6.45, 7) is 2.00. The molecule has 0 radical (unpaired) electrons. The number of aryl methyl sites for hydroxylation is 1. The van der Waals surface area contributed by atoms with E-state index in [2.05, 4.69) is 10.1 Å². The molecule has 2 heterocycles. The van der Waals surface area contributed by atoms with Crippen molar-refractivity contribution in [3.05, 3.63) is 46.2 Å². The lowest BCUT2D eigenvalue weighted by molar-refractivity contribution is 0.0697. The molecule has 0 unspecified atom stereocenters. The molecule has 2 aromatic heterocycles. The average molecular weight is 299 g/mol. The van der Waals surface area contributed by atoms with Crippen molar-refractivity contribution in [2.75, 3.05) is 0 Å². The van der Waals surface area contributed by atoms with Gasteiger partial charge in [-0.2, -0.15) is 5.10 Å². The van der Waals surface area contributed by atoms with E-state index < -0.39 is 5.97 Å². The Morgan fingerprint density at radius 1 is 1.38 bits per heavy atom. The number of hydrogen-bond acceptors (Lipinski definition) is 4. The lowest BCUT2D eigenvalue weighted by atomic mass is 10.2. The van der Waals surface area contributed by atoms with Crippen LogP contribution in [0.4, 0.5) is 0 Å². The van der Waals surface area contributed by atoms with Crippen LogP contribution in [0.25, 0.3) is 22.4 Å². The third kappa shape index (κ3) is 2.57. The van der Waals surface area contributed by atoms with Gasteiger partial charge in [0.1, 0.15) is 5.01 Å². The van der Waals surface area contributed by atoms with E-state index in [0.29, 0.717) is 0 Å². The Morgan fingerprint density at radius 2 is 2.19 bits per heavy atom. The van der Waals surface area contributed by atoms with Crippen molar-refractivity contribution in [3.63, 3.8) is 0 Å². The van der Waals surface area contributed by atoms with E-state index in [1.807, 2.05) is 37.0 Å². The first kappa shape index (κ1) is 13.5. The van der Waals surface area contributed by atoms with E-state index >= 15 is 0 Å². The summed E-state index contributed by atoms with van der Waals surface area (Å²) in [6.07, 6.45) is 5.70. The second kappa shape index (κ2) is 5.14. The Balaban J connectivity index is 1.94. The van der Waals surface area contributed by atoms with Crippen molar-refractivity contribution in [2.45, 2.75) is 6.92 Å². The second-order valence-corrected chi connectivity index (χ2v) is 5.74. The number of carboxylic acid groups (broad SMARTS) is 1. The van der Waals surface area contributed by atoms with Crippen LogP contribution in [0.15, 0.2) is 24.4 Å². The number of nitrogens with zero attached hydrogens (tertiary/aromatic N) is 3. The zero-order chi connectivity index (χ0) is 15.0. The van der Waals surface area contributed by atoms with Gasteiger partial charge in [-0.15, -0.1) is 11.3 Å². The summed E-state index contributed by atoms with van der Waals surface area (Å²) in [5.41, 5.74) is 3.22. The molecule has 3 aromatic rings. The quantitative estimate of drug-likeness (QED) is 0.806. The summed E-state index contributed by atoms with van der Waals surface area (Å²) < 4.78 is 2.69. The third-order valence-corrected chi connectivity index (χ3v) is 4.31. The van der Waals surface area contributed by atoms with E-state index in [1.54, 1.807) is 18.2 Å². The van der Waals surface area contributed by atoms with Crippen molar-refractivity contribution >= 4 is 39.7 Å². The highest BCUT2D eigenvalue weighted by atomic mass is 32.1. The van der Waals surface area contributed by atoms with Crippen LogP contribution in [0.5, 0.6) is 0 Å². The van der Waals surface area contributed by atoms with E-state index in [-0.39, 0.29) is 5.56 Å². The lowest BCUT2D eigenvalue weighted by Crippen LogP contribution is -1.94. The first-order valence-electron chi connectivity index (χ1n) is 6.35. The third-order valence-electron chi connectivity index (χ3n) is 3.33. The van der Waals surface area contributed by atoms with Gasteiger partial charge in [-0.05, 0) is 37.3 Å². The summed E-state index contributed by atoms with van der Waals surface area (Å²) in [5.74, 6) is -0.923. The summed E-state index contributed by atoms with van der Waals surface area (Å²) in [6, 6.07) is 4.97. The van der Waals surface area contributed by atoms with Gasteiger partial charge < -0.3 is 5.11 Å². The fraction of sp³-hybridized carbons (Fsp3) is 0.133. The molecule has 1 aromatic carbocycles. The number of rotatable bonds is 3. The summed E-state index contributed by atoms with van der Waals surface area (Å²) in [7, 11) is 1.90. The van der Waals surface area contributed by atoms with Gasteiger partial charge in [0.05, 0.1) is 22.0 Å². The molecule has 21 heavy (non-hydrogen) atoms. The topological polar surface area (TPSA) is 68.0 Å². The highest BCUT2D eigenvalue weighted by Gasteiger charge is 2.07. The molecule has 3 rings (SSSR count). The van der Waals surface area contributed by atoms with Crippen LogP contribution in [0.2, 0.25) is 0 Å². The fourth-order valence-corrected chi connectivity index (χ4v) is 2.90. The Bertz CT molecular complexity index is 861. The van der Waals surface area contributed by atoms with Gasteiger partial charge in [-0.25, -0.2) is 9.78 Å². The first-order valence-corrected chi connectivity index (χ1v) is 7.17. The Hall–Kier alpha value is -2.47. The number of thiazole rings is 1. The van der Waals surface area contributed by atoms with Gasteiger partial charge in [-0.1, -0.05) is 0 Å². The van der Waals surface area contributed by atoms with Crippen molar-refractivity contribution in [3.8, 4) is 0 Å². The largest absolute Gasteiger partial charge is 0.478 e. The molecule has 106 valence electrons. The Morgan fingerprint density at radius 3 is 2.86 bits per heavy atom. The molecule has 5 nitrogen and oxygen atoms in total. The predicted molar refractivity (Wildman–Crippen MR) is 83.5 cm³/mol. The predicted octanol–water partition coefficient (Wildman–Crippen LogP) is 3.21. The number of aromatic nitrogens is 3. The molecule has 0 fully saturated rings. The molecule has 0 amide bonds. The molecule has 0 saturated carbocycles. The van der Waals surface area contributed by atoms with E-state index in [4.69, 9.17) is 5.11 Å². The van der Waals surface area contributed by atoms with Crippen LogP contribution >= 0.6 is 11.3 Å². The van der Waals surface area contributed by atoms with Gasteiger partial charge in [-0.3, -0.25) is 4.68 Å². The Kier molecular flexibility index (Phi) is 3.31. The zero-order valence-electron chi connectivity index (χ0n) is 11.6. The molecule has 0 aliphatic rings. The number of carbonyl (C=O) groups is 1. The molecule has 1 N–H and O–H groups in total. The van der Waals surface area contributed by atoms with Crippen molar-refractivity contribution in [1.82, 2.24) is 14.8 Å². The minimum atomic E-state index is -0.923. The van der Waals surface area contributed by atoms with Crippen molar-refractivity contribution < 1.29 is 9.90 Å². The van der Waals surface area contributed by atoms with Gasteiger partial charge in [0, 0.05) is 18.3 Å². The van der Waals surface area contributed by atoms with E-state index in [0.717, 1.165) is 26.5 Å². The van der Waals surface area contributed by atoms with Crippen LogP contribution in [0.1, 0.15) is 26.6 Å². The average Bonchev–Trinajstić information content (AvgIpc) is 3.00. The molecule has 0 aliphatic carbocycles.